The maximum atomic E-state index is 11.6. The van der Waals surface area contributed by atoms with Crippen LogP contribution >= 0.6 is 15.9 Å². The summed E-state index contributed by atoms with van der Waals surface area (Å²) in [6, 6.07) is 7.77. The zero-order valence-electron chi connectivity index (χ0n) is 12.8. The number of nitrogens with one attached hydrogen (secondary N) is 1. The zero-order valence-corrected chi connectivity index (χ0v) is 14.4. The number of hydrogen-bond donors (Lipinski definition) is 1. The van der Waals surface area contributed by atoms with Crippen LogP contribution in [0.3, 0.4) is 0 Å². The van der Waals surface area contributed by atoms with E-state index in [1.165, 1.54) is 32.1 Å². The van der Waals surface area contributed by atoms with Crippen molar-refractivity contribution < 1.29 is 4.79 Å². The number of amides is 1. The van der Waals surface area contributed by atoms with E-state index in [4.69, 9.17) is 0 Å². The van der Waals surface area contributed by atoms with Gasteiger partial charge in [0.1, 0.15) is 0 Å². The Hall–Kier alpha value is -1.16. The highest BCUT2D eigenvalue weighted by Crippen LogP contribution is 2.09. The lowest BCUT2D eigenvalue weighted by atomic mass is 10.1. The first kappa shape index (κ1) is 17.9. The highest BCUT2D eigenvalue weighted by molar-refractivity contribution is 9.10. The fourth-order valence-corrected chi connectivity index (χ4v) is 2.29. The third-order valence-corrected chi connectivity index (χ3v) is 3.81. The minimum absolute atomic E-state index is 0.00285. The molecule has 0 aliphatic heterocycles. The number of hydrazone groups is 1. The number of hydrogen-bond acceptors (Lipinski definition) is 2. The predicted octanol–water partition coefficient (Wildman–Crippen LogP) is 5.04. The number of nitrogens with zero attached hydrogens (tertiary/aromatic N) is 1. The van der Waals surface area contributed by atoms with Crippen molar-refractivity contribution >= 4 is 28.1 Å². The van der Waals surface area contributed by atoms with Crippen LogP contribution < -0.4 is 5.43 Å². The van der Waals surface area contributed by atoms with Gasteiger partial charge in [-0.1, -0.05) is 73.5 Å². The fraction of sp³-hybridized carbons (Fsp3) is 0.529. The highest BCUT2D eigenvalue weighted by Gasteiger charge is 1.99. The molecule has 21 heavy (non-hydrogen) atoms. The van der Waals surface area contributed by atoms with Gasteiger partial charge in [0.15, 0.2) is 0 Å². The van der Waals surface area contributed by atoms with Gasteiger partial charge in [0.25, 0.3) is 0 Å². The number of rotatable bonds is 10. The largest absolute Gasteiger partial charge is 0.273 e. The van der Waals surface area contributed by atoms with Crippen LogP contribution in [0.4, 0.5) is 0 Å². The Morgan fingerprint density at radius 2 is 1.71 bits per heavy atom. The Kier molecular flexibility index (Phi) is 9.79. The summed E-state index contributed by atoms with van der Waals surface area (Å²) in [4.78, 5) is 11.6. The molecule has 3 nitrogen and oxygen atoms in total. The Morgan fingerprint density at radius 1 is 1.10 bits per heavy atom. The quantitative estimate of drug-likeness (QED) is 0.357. The van der Waals surface area contributed by atoms with Crippen LogP contribution in [-0.4, -0.2) is 12.1 Å². The lowest BCUT2D eigenvalue weighted by Crippen LogP contribution is -2.16. The Bertz CT molecular complexity index is 429. The molecular weight excluding hydrogens is 328 g/mol. The van der Waals surface area contributed by atoms with Gasteiger partial charge in [0.2, 0.25) is 5.91 Å². The molecule has 0 aliphatic carbocycles. The molecule has 0 heterocycles. The smallest absolute Gasteiger partial charge is 0.240 e. The lowest BCUT2D eigenvalue weighted by molar-refractivity contribution is -0.121. The molecule has 1 rings (SSSR count). The Balaban J connectivity index is 2.07. The molecule has 0 saturated carbocycles. The summed E-state index contributed by atoms with van der Waals surface area (Å²) in [6.07, 6.45) is 10.7. The first-order chi connectivity index (χ1) is 10.2. The van der Waals surface area contributed by atoms with E-state index in [9.17, 15) is 4.79 Å². The van der Waals surface area contributed by atoms with Gasteiger partial charge in [-0.3, -0.25) is 4.79 Å². The highest BCUT2D eigenvalue weighted by atomic mass is 79.9. The van der Waals surface area contributed by atoms with Crippen LogP contribution in [0.5, 0.6) is 0 Å². The third-order valence-electron chi connectivity index (χ3n) is 3.28. The van der Waals surface area contributed by atoms with Crippen LogP contribution in [0.15, 0.2) is 33.8 Å². The number of carbonyl (C=O) groups excluding carboxylic acids is 1. The second-order valence-corrected chi connectivity index (χ2v) is 6.13. The average molecular weight is 353 g/mol. The molecule has 0 aliphatic rings. The van der Waals surface area contributed by atoms with Gasteiger partial charge in [-0.15, -0.1) is 0 Å². The minimum Gasteiger partial charge on any atom is -0.273 e. The van der Waals surface area contributed by atoms with Gasteiger partial charge < -0.3 is 0 Å². The van der Waals surface area contributed by atoms with Crippen molar-refractivity contribution in [2.24, 2.45) is 5.10 Å². The summed E-state index contributed by atoms with van der Waals surface area (Å²) in [6.45, 7) is 2.22. The molecule has 0 unspecified atom stereocenters. The summed E-state index contributed by atoms with van der Waals surface area (Å²) < 4.78 is 1.03. The molecule has 0 radical (unpaired) electrons. The van der Waals surface area contributed by atoms with E-state index in [2.05, 4.69) is 33.4 Å². The molecule has 0 saturated heterocycles. The van der Waals surface area contributed by atoms with Gasteiger partial charge >= 0.3 is 0 Å². The third kappa shape index (κ3) is 9.40. The monoisotopic (exact) mass is 352 g/mol. The molecule has 1 amide bonds. The topological polar surface area (TPSA) is 41.5 Å². The van der Waals surface area contributed by atoms with Crippen LogP contribution in [0, 0.1) is 0 Å². The van der Waals surface area contributed by atoms with E-state index in [1.54, 1.807) is 6.21 Å². The van der Waals surface area contributed by atoms with Crippen molar-refractivity contribution in [3.63, 3.8) is 0 Å². The SMILES string of the molecule is CCCCCCCCCC(=O)N/N=C/c1ccc(Br)cc1. The average Bonchev–Trinajstić information content (AvgIpc) is 2.48. The molecule has 0 spiro atoms. The summed E-state index contributed by atoms with van der Waals surface area (Å²) in [5.74, 6) is -0.00285. The number of benzene rings is 1. The lowest BCUT2D eigenvalue weighted by Gasteiger charge is -2.01. The molecule has 0 aromatic heterocycles. The van der Waals surface area contributed by atoms with E-state index < -0.39 is 0 Å². The molecule has 1 N–H and O–H groups in total. The van der Waals surface area contributed by atoms with Crippen molar-refractivity contribution in [1.29, 1.82) is 0 Å². The second-order valence-electron chi connectivity index (χ2n) is 5.22. The summed E-state index contributed by atoms with van der Waals surface area (Å²) in [5, 5.41) is 3.97. The van der Waals surface area contributed by atoms with E-state index in [-0.39, 0.29) is 5.91 Å². The molecular formula is C17H25BrN2O. The summed E-state index contributed by atoms with van der Waals surface area (Å²) in [7, 11) is 0. The predicted molar refractivity (Wildman–Crippen MR) is 92.5 cm³/mol. The van der Waals surface area contributed by atoms with Crippen molar-refractivity contribution in [2.45, 2.75) is 58.3 Å². The van der Waals surface area contributed by atoms with E-state index in [0.29, 0.717) is 6.42 Å². The van der Waals surface area contributed by atoms with Crippen LogP contribution in [0.1, 0.15) is 63.9 Å². The van der Waals surface area contributed by atoms with Gasteiger partial charge in [-0.2, -0.15) is 5.10 Å². The van der Waals surface area contributed by atoms with Crippen molar-refractivity contribution in [1.82, 2.24) is 5.43 Å². The summed E-state index contributed by atoms with van der Waals surface area (Å²) >= 11 is 3.38. The normalized spacial score (nSPS) is 11.0. The first-order valence-electron chi connectivity index (χ1n) is 7.80. The second kappa shape index (κ2) is 11.5. The molecule has 0 bridgehead atoms. The fourth-order valence-electron chi connectivity index (χ4n) is 2.03. The standard InChI is InChI=1S/C17H25BrN2O/c1-2-3-4-5-6-7-8-9-17(21)20-19-14-15-10-12-16(18)13-11-15/h10-14H,2-9H2,1H3,(H,20,21)/b19-14+. The Labute approximate surface area is 136 Å². The number of halogens is 1. The van der Waals surface area contributed by atoms with Gasteiger partial charge in [-0.25, -0.2) is 5.43 Å². The van der Waals surface area contributed by atoms with Crippen LogP contribution in [0.2, 0.25) is 0 Å². The van der Waals surface area contributed by atoms with Gasteiger partial charge in [0.05, 0.1) is 6.21 Å². The van der Waals surface area contributed by atoms with E-state index in [0.717, 1.165) is 22.9 Å². The van der Waals surface area contributed by atoms with Crippen LogP contribution in [-0.2, 0) is 4.79 Å². The zero-order chi connectivity index (χ0) is 15.3. The summed E-state index contributed by atoms with van der Waals surface area (Å²) in [5.41, 5.74) is 3.54. The molecule has 1 aromatic rings. The van der Waals surface area contributed by atoms with Gasteiger partial charge in [0, 0.05) is 10.9 Å². The molecule has 4 heteroatoms. The molecule has 0 atom stereocenters. The van der Waals surface area contributed by atoms with Crippen molar-refractivity contribution in [3.05, 3.63) is 34.3 Å². The maximum Gasteiger partial charge on any atom is 0.240 e. The molecule has 1 aromatic carbocycles. The minimum atomic E-state index is -0.00285. The molecule has 116 valence electrons. The van der Waals surface area contributed by atoms with Crippen molar-refractivity contribution in [3.8, 4) is 0 Å². The van der Waals surface area contributed by atoms with Crippen LogP contribution in [0.25, 0.3) is 0 Å². The van der Waals surface area contributed by atoms with Crippen molar-refractivity contribution in [2.75, 3.05) is 0 Å². The first-order valence-corrected chi connectivity index (χ1v) is 8.59. The van der Waals surface area contributed by atoms with E-state index >= 15 is 0 Å². The maximum absolute atomic E-state index is 11.6. The molecule has 0 fully saturated rings. The number of unbranched alkanes of at least 4 members (excludes halogenated alkanes) is 6. The number of carbonyl (C=O) groups is 1. The van der Waals surface area contributed by atoms with Gasteiger partial charge in [-0.05, 0) is 24.1 Å². The van der Waals surface area contributed by atoms with E-state index in [1.807, 2.05) is 24.3 Å². The Morgan fingerprint density at radius 3 is 2.38 bits per heavy atom.